The molecule has 3 aromatic rings. The van der Waals surface area contributed by atoms with Crippen LogP contribution in [0.15, 0.2) is 54.6 Å². The SMILES string of the molecule is O=S(=O)(O)C(c1ccc(Cl)cc1)(c1ccc(O)c(Cl)c1)c1cc(O)c(Cl)c(Cl)c1. The summed E-state index contributed by atoms with van der Waals surface area (Å²) < 4.78 is 34.0. The Balaban J connectivity index is 2.54. The molecule has 0 aliphatic heterocycles. The quantitative estimate of drug-likeness (QED) is 0.311. The Hall–Kier alpha value is -1.67. The van der Waals surface area contributed by atoms with Gasteiger partial charge in [-0.25, -0.2) is 0 Å². The largest absolute Gasteiger partial charge is 0.506 e. The monoisotopic (exact) mass is 492 g/mol. The molecule has 3 aromatic carbocycles. The van der Waals surface area contributed by atoms with Crippen LogP contribution in [-0.4, -0.2) is 23.2 Å². The van der Waals surface area contributed by atoms with Crippen LogP contribution in [0.25, 0.3) is 0 Å². The Bertz CT molecular complexity index is 1170. The van der Waals surface area contributed by atoms with Crippen molar-refractivity contribution in [1.29, 1.82) is 0 Å². The zero-order valence-corrected chi connectivity index (χ0v) is 18.1. The third kappa shape index (κ3) is 3.77. The van der Waals surface area contributed by atoms with Crippen LogP contribution in [0.1, 0.15) is 16.7 Å². The van der Waals surface area contributed by atoms with E-state index in [1.54, 1.807) is 0 Å². The van der Waals surface area contributed by atoms with Gasteiger partial charge in [0, 0.05) is 5.02 Å². The Morgan fingerprint density at radius 1 is 0.690 bits per heavy atom. The maximum Gasteiger partial charge on any atom is 0.283 e. The summed E-state index contributed by atoms with van der Waals surface area (Å²) in [6, 6.07) is 11.6. The number of phenols is 2. The number of hydrogen-bond donors (Lipinski definition) is 3. The van der Waals surface area contributed by atoms with E-state index in [2.05, 4.69) is 0 Å². The molecule has 5 nitrogen and oxygen atoms in total. The summed E-state index contributed by atoms with van der Waals surface area (Å²) in [4.78, 5) is 0. The molecule has 10 heteroatoms. The summed E-state index contributed by atoms with van der Waals surface area (Å²) in [5.41, 5.74) is -0.0252. The molecule has 29 heavy (non-hydrogen) atoms. The molecular weight excluding hydrogens is 482 g/mol. The molecule has 0 saturated carbocycles. The first-order valence-electron chi connectivity index (χ1n) is 7.89. The van der Waals surface area contributed by atoms with Crippen molar-refractivity contribution in [3.8, 4) is 11.5 Å². The number of phenolic OH excluding ortho intramolecular Hbond substituents is 2. The molecule has 0 radical (unpaired) electrons. The lowest BCUT2D eigenvalue weighted by atomic mass is 9.84. The average molecular weight is 494 g/mol. The molecule has 0 saturated heterocycles. The van der Waals surface area contributed by atoms with Gasteiger partial charge >= 0.3 is 0 Å². The van der Waals surface area contributed by atoms with Crippen molar-refractivity contribution in [1.82, 2.24) is 0 Å². The lowest BCUT2D eigenvalue weighted by Gasteiger charge is -2.33. The highest BCUT2D eigenvalue weighted by Gasteiger charge is 2.49. The summed E-state index contributed by atoms with van der Waals surface area (Å²) in [5.74, 6) is -0.770. The van der Waals surface area contributed by atoms with Crippen LogP contribution < -0.4 is 0 Å². The standard InChI is InChI=1S/C19H12Cl4O5S/c20-13-4-1-10(2-5-13)19(29(26,27)28,11-3-6-16(24)14(21)7-11)12-8-15(22)18(23)17(25)9-12/h1-9,24-25H,(H,26,27,28). The fourth-order valence-electron chi connectivity index (χ4n) is 3.14. The van der Waals surface area contributed by atoms with Crippen LogP contribution in [0.4, 0.5) is 0 Å². The van der Waals surface area contributed by atoms with Crippen LogP contribution in [0.5, 0.6) is 11.5 Å². The van der Waals surface area contributed by atoms with Gasteiger partial charge in [-0.05, 0) is 53.1 Å². The van der Waals surface area contributed by atoms with E-state index >= 15 is 0 Å². The van der Waals surface area contributed by atoms with Crippen LogP contribution in [-0.2, 0) is 14.9 Å². The van der Waals surface area contributed by atoms with E-state index in [0.29, 0.717) is 5.02 Å². The molecule has 0 aliphatic rings. The normalized spacial score (nSPS) is 13.8. The maximum absolute atomic E-state index is 12.9. The second-order valence-corrected chi connectivity index (χ2v) is 9.31. The molecule has 0 fully saturated rings. The molecule has 152 valence electrons. The molecule has 0 spiro atoms. The van der Waals surface area contributed by atoms with E-state index in [-0.39, 0.29) is 37.5 Å². The molecule has 1 atom stereocenters. The van der Waals surface area contributed by atoms with Gasteiger partial charge in [0.05, 0.1) is 10.0 Å². The number of benzene rings is 3. The first kappa shape index (κ1) is 22.0. The minimum absolute atomic E-state index is 0.0112. The van der Waals surface area contributed by atoms with E-state index in [1.165, 1.54) is 48.5 Å². The second-order valence-electron chi connectivity index (χ2n) is 6.12. The third-order valence-corrected chi connectivity index (χ3v) is 7.24. The lowest BCUT2D eigenvalue weighted by Crippen LogP contribution is -2.38. The zero-order chi connectivity index (χ0) is 21.6. The van der Waals surface area contributed by atoms with E-state index in [9.17, 15) is 23.2 Å². The second kappa shape index (κ2) is 7.87. The molecule has 0 heterocycles. The van der Waals surface area contributed by atoms with Gasteiger partial charge in [0.2, 0.25) is 0 Å². The first-order valence-corrected chi connectivity index (χ1v) is 10.8. The van der Waals surface area contributed by atoms with Gasteiger partial charge in [-0.15, -0.1) is 0 Å². The highest BCUT2D eigenvalue weighted by molar-refractivity contribution is 7.87. The minimum Gasteiger partial charge on any atom is -0.506 e. The predicted molar refractivity (Wildman–Crippen MR) is 114 cm³/mol. The third-order valence-electron chi connectivity index (χ3n) is 4.41. The smallest absolute Gasteiger partial charge is 0.283 e. The van der Waals surface area contributed by atoms with Crippen LogP contribution in [0.3, 0.4) is 0 Å². The van der Waals surface area contributed by atoms with Gasteiger partial charge < -0.3 is 10.2 Å². The molecule has 0 amide bonds. The van der Waals surface area contributed by atoms with Gasteiger partial charge in [-0.3, -0.25) is 4.55 Å². The number of halogens is 4. The van der Waals surface area contributed by atoms with Crippen LogP contribution in [0.2, 0.25) is 20.1 Å². The molecule has 0 aliphatic carbocycles. The molecule has 0 bridgehead atoms. The molecule has 3 rings (SSSR count). The van der Waals surface area contributed by atoms with Crippen molar-refractivity contribution < 1.29 is 23.2 Å². The highest BCUT2D eigenvalue weighted by atomic mass is 35.5. The van der Waals surface area contributed by atoms with E-state index < -0.39 is 20.6 Å². The van der Waals surface area contributed by atoms with Crippen LogP contribution in [0, 0.1) is 0 Å². The summed E-state index contributed by atoms with van der Waals surface area (Å²) in [6.45, 7) is 0. The zero-order valence-electron chi connectivity index (χ0n) is 14.3. The van der Waals surface area contributed by atoms with Gasteiger partial charge in [-0.2, -0.15) is 8.42 Å². The summed E-state index contributed by atoms with van der Waals surface area (Å²) in [6.07, 6.45) is 0. The predicted octanol–water partition coefficient (Wildman–Crippen LogP) is 5.89. The van der Waals surface area contributed by atoms with Crippen LogP contribution >= 0.6 is 46.4 Å². The summed E-state index contributed by atoms with van der Waals surface area (Å²) >= 11 is 23.9. The molecular formula is C19H12Cl4O5S. The topological polar surface area (TPSA) is 94.8 Å². The van der Waals surface area contributed by atoms with Gasteiger partial charge in [0.25, 0.3) is 10.1 Å². The number of rotatable bonds is 4. The van der Waals surface area contributed by atoms with Crippen molar-refractivity contribution in [2.24, 2.45) is 0 Å². The average Bonchev–Trinajstić information content (AvgIpc) is 2.63. The number of aromatic hydroxyl groups is 2. The fourth-order valence-corrected chi connectivity index (χ4v) is 5.04. The minimum atomic E-state index is -4.97. The Kier molecular flexibility index (Phi) is 5.98. The first-order chi connectivity index (χ1) is 13.5. The van der Waals surface area contributed by atoms with E-state index in [1.807, 2.05) is 0 Å². The van der Waals surface area contributed by atoms with Gasteiger partial charge in [0.1, 0.15) is 16.5 Å². The Morgan fingerprint density at radius 3 is 1.76 bits per heavy atom. The van der Waals surface area contributed by atoms with Crippen molar-refractivity contribution >= 4 is 56.5 Å². The Morgan fingerprint density at radius 2 is 1.24 bits per heavy atom. The van der Waals surface area contributed by atoms with E-state index in [0.717, 1.165) is 6.07 Å². The summed E-state index contributed by atoms with van der Waals surface area (Å²) in [5, 5.41) is 19.8. The molecule has 3 N–H and O–H groups in total. The van der Waals surface area contributed by atoms with Crippen molar-refractivity contribution in [3.63, 3.8) is 0 Å². The van der Waals surface area contributed by atoms with Gasteiger partial charge in [-0.1, -0.05) is 64.6 Å². The van der Waals surface area contributed by atoms with Crippen molar-refractivity contribution in [2.75, 3.05) is 0 Å². The summed E-state index contributed by atoms with van der Waals surface area (Å²) in [7, 11) is -4.97. The number of hydrogen-bond acceptors (Lipinski definition) is 4. The van der Waals surface area contributed by atoms with Crippen molar-refractivity contribution in [2.45, 2.75) is 4.75 Å². The maximum atomic E-state index is 12.9. The fraction of sp³-hybridized carbons (Fsp3) is 0.0526. The molecule has 0 aromatic heterocycles. The van der Waals surface area contributed by atoms with Crippen molar-refractivity contribution in [3.05, 3.63) is 91.4 Å². The highest BCUT2D eigenvalue weighted by Crippen LogP contribution is 2.48. The lowest BCUT2D eigenvalue weighted by molar-refractivity contribution is 0.455. The van der Waals surface area contributed by atoms with Gasteiger partial charge in [0.15, 0.2) is 4.75 Å². The Labute approximate surface area is 186 Å². The van der Waals surface area contributed by atoms with E-state index in [4.69, 9.17) is 46.4 Å². The molecule has 1 unspecified atom stereocenters.